The summed E-state index contributed by atoms with van der Waals surface area (Å²) in [5.74, 6) is 1.42. The minimum atomic E-state index is 0.464. The van der Waals surface area contributed by atoms with E-state index >= 15 is 0 Å². The first-order chi connectivity index (χ1) is 7.63. The van der Waals surface area contributed by atoms with Crippen molar-refractivity contribution >= 4 is 11.5 Å². The summed E-state index contributed by atoms with van der Waals surface area (Å²) in [7, 11) is 1.59. The Hall–Kier alpha value is -1.45. The fourth-order valence-electron chi connectivity index (χ4n) is 1.68. The minimum absolute atomic E-state index is 0.464. The first-order valence-electron chi connectivity index (χ1n) is 5.71. The number of aromatic nitrogens is 1. The Labute approximate surface area is 97.4 Å². The van der Waals surface area contributed by atoms with Crippen LogP contribution in [-0.2, 0) is 0 Å². The zero-order chi connectivity index (χ0) is 12.1. The number of pyridine rings is 1. The van der Waals surface area contributed by atoms with Crippen molar-refractivity contribution in [1.29, 1.82) is 0 Å². The van der Waals surface area contributed by atoms with Gasteiger partial charge in [-0.3, -0.25) is 0 Å². The lowest BCUT2D eigenvalue weighted by Gasteiger charge is -2.28. The van der Waals surface area contributed by atoms with Crippen LogP contribution in [0.2, 0.25) is 0 Å². The minimum Gasteiger partial charge on any atom is -0.479 e. The Balaban J connectivity index is 3.01. The van der Waals surface area contributed by atoms with E-state index in [9.17, 15) is 0 Å². The molecule has 0 radical (unpaired) electrons. The molecule has 0 aromatic carbocycles. The standard InChI is InChI=1S/C12H21N3O/c1-5-9(3)15(6-2)11-8-7-10(13)12(14-11)16-4/h7-9H,5-6,13H2,1-4H3. The molecule has 1 aromatic heterocycles. The van der Waals surface area contributed by atoms with Gasteiger partial charge in [0.2, 0.25) is 5.88 Å². The number of nitrogen functional groups attached to an aromatic ring is 1. The van der Waals surface area contributed by atoms with Gasteiger partial charge >= 0.3 is 0 Å². The maximum absolute atomic E-state index is 5.74. The van der Waals surface area contributed by atoms with Gasteiger partial charge < -0.3 is 15.4 Å². The Morgan fingerprint density at radius 3 is 2.62 bits per heavy atom. The van der Waals surface area contributed by atoms with Crippen molar-refractivity contribution in [1.82, 2.24) is 4.98 Å². The largest absolute Gasteiger partial charge is 0.479 e. The fourth-order valence-corrected chi connectivity index (χ4v) is 1.68. The molecule has 1 aromatic rings. The molecule has 0 saturated carbocycles. The highest BCUT2D eigenvalue weighted by Crippen LogP contribution is 2.24. The van der Waals surface area contributed by atoms with E-state index in [0.717, 1.165) is 18.8 Å². The number of hydrogen-bond acceptors (Lipinski definition) is 4. The van der Waals surface area contributed by atoms with Crippen molar-refractivity contribution in [2.75, 3.05) is 24.3 Å². The summed E-state index contributed by atoms with van der Waals surface area (Å²) in [5.41, 5.74) is 6.32. The normalized spacial score (nSPS) is 12.2. The van der Waals surface area contributed by atoms with Gasteiger partial charge in [0, 0.05) is 12.6 Å². The van der Waals surface area contributed by atoms with Gasteiger partial charge in [-0.1, -0.05) is 6.92 Å². The van der Waals surface area contributed by atoms with Crippen LogP contribution in [0.15, 0.2) is 12.1 Å². The maximum Gasteiger partial charge on any atom is 0.238 e. The molecule has 0 saturated heterocycles. The summed E-state index contributed by atoms with van der Waals surface area (Å²) in [6.07, 6.45) is 1.09. The molecule has 1 heterocycles. The molecular formula is C12H21N3O. The second-order valence-corrected chi connectivity index (χ2v) is 3.81. The third-order valence-electron chi connectivity index (χ3n) is 2.83. The highest BCUT2D eigenvalue weighted by Gasteiger charge is 2.13. The molecule has 90 valence electrons. The predicted molar refractivity (Wildman–Crippen MR) is 68.0 cm³/mol. The molecular weight excluding hydrogens is 202 g/mol. The number of nitrogens with zero attached hydrogens (tertiary/aromatic N) is 2. The molecule has 0 aliphatic heterocycles. The average Bonchev–Trinajstić information content (AvgIpc) is 2.31. The van der Waals surface area contributed by atoms with Crippen molar-refractivity contribution in [2.45, 2.75) is 33.2 Å². The van der Waals surface area contributed by atoms with Crippen LogP contribution < -0.4 is 15.4 Å². The second kappa shape index (κ2) is 5.58. The van der Waals surface area contributed by atoms with E-state index in [4.69, 9.17) is 10.5 Å². The molecule has 16 heavy (non-hydrogen) atoms. The van der Waals surface area contributed by atoms with Crippen LogP contribution in [-0.4, -0.2) is 24.7 Å². The monoisotopic (exact) mass is 223 g/mol. The van der Waals surface area contributed by atoms with E-state index in [0.29, 0.717) is 17.6 Å². The van der Waals surface area contributed by atoms with Crippen molar-refractivity contribution in [2.24, 2.45) is 0 Å². The number of anilines is 2. The van der Waals surface area contributed by atoms with E-state index in [1.165, 1.54) is 0 Å². The molecule has 0 aliphatic rings. The smallest absolute Gasteiger partial charge is 0.238 e. The number of rotatable bonds is 5. The van der Waals surface area contributed by atoms with Gasteiger partial charge in [-0.15, -0.1) is 0 Å². The lowest BCUT2D eigenvalue weighted by atomic mass is 10.2. The lowest BCUT2D eigenvalue weighted by Crippen LogP contribution is -2.33. The zero-order valence-corrected chi connectivity index (χ0v) is 10.5. The Morgan fingerprint density at radius 2 is 2.12 bits per heavy atom. The Morgan fingerprint density at radius 1 is 1.44 bits per heavy atom. The molecule has 0 amide bonds. The Bertz CT molecular complexity index is 341. The molecule has 2 N–H and O–H groups in total. The zero-order valence-electron chi connectivity index (χ0n) is 10.5. The average molecular weight is 223 g/mol. The van der Waals surface area contributed by atoms with Gasteiger partial charge in [-0.05, 0) is 32.4 Å². The molecule has 1 unspecified atom stereocenters. The molecule has 0 fully saturated rings. The molecule has 1 atom stereocenters. The highest BCUT2D eigenvalue weighted by atomic mass is 16.5. The van der Waals surface area contributed by atoms with Gasteiger partial charge in [-0.2, -0.15) is 4.98 Å². The second-order valence-electron chi connectivity index (χ2n) is 3.81. The fraction of sp³-hybridized carbons (Fsp3) is 0.583. The van der Waals surface area contributed by atoms with E-state index in [1.807, 2.05) is 12.1 Å². The van der Waals surface area contributed by atoms with Gasteiger partial charge in [-0.25, -0.2) is 0 Å². The van der Waals surface area contributed by atoms with Crippen LogP contribution in [0.4, 0.5) is 11.5 Å². The molecule has 0 aliphatic carbocycles. The van der Waals surface area contributed by atoms with Crippen LogP contribution in [0.5, 0.6) is 5.88 Å². The summed E-state index contributed by atoms with van der Waals surface area (Å²) >= 11 is 0. The van der Waals surface area contributed by atoms with Gasteiger partial charge in [0.1, 0.15) is 5.82 Å². The highest BCUT2D eigenvalue weighted by molar-refractivity contribution is 5.54. The van der Waals surface area contributed by atoms with Crippen LogP contribution in [0, 0.1) is 0 Å². The number of ether oxygens (including phenoxy) is 1. The summed E-state index contributed by atoms with van der Waals surface area (Å²) in [4.78, 5) is 6.65. The maximum atomic E-state index is 5.74. The van der Waals surface area contributed by atoms with Gasteiger partial charge in [0.15, 0.2) is 0 Å². The van der Waals surface area contributed by atoms with E-state index in [2.05, 4.69) is 30.7 Å². The van der Waals surface area contributed by atoms with Crippen molar-refractivity contribution in [3.05, 3.63) is 12.1 Å². The SMILES string of the molecule is CCC(C)N(CC)c1ccc(N)c(OC)n1. The van der Waals surface area contributed by atoms with Crippen molar-refractivity contribution in [3.63, 3.8) is 0 Å². The van der Waals surface area contributed by atoms with Crippen LogP contribution in [0.3, 0.4) is 0 Å². The van der Waals surface area contributed by atoms with E-state index in [-0.39, 0.29) is 0 Å². The Kier molecular flexibility index (Phi) is 4.40. The predicted octanol–water partition coefficient (Wildman–Crippen LogP) is 2.30. The van der Waals surface area contributed by atoms with Gasteiger partial charge in [0.05, 0.1) is 12.8 Å². The van der Waals surface area contributed by atoms with Crippen molar-refractivity contribution in [3.8, 4) is 5.88 Å². The summed E-state index contributed by atoms with van der Waals surface area (Å²) in [6, 6.07) is 4.24. The third kappa shape index (κ3) is 2.56. The lowest BCUT2D eigenvalue weighted by molar-refractivity contribution is 0.400. The van der Waals surface area contributed by atoms with E-state index in [1.54, 1.807) is 7.11 Å². The summed E-state index contributed by atoms with van der Waals surface area (Å²) < 4.78 is 5.13. The van der Waals surface area contributed by atoms with Crippen LogP contribution in [0.25, 0.3) is 0 Å². The molecule has 4 heteroatoms. The van der Waals surface area contributed by atoms with Crippen LogP contribution >= 0.6 is 0 Å². The molecule has 0 bridgehead atoms. The summed E-state index contributed by atoms with van der Waals surface area (Å²) in [6.45, 7) is 7.40. The first-order valence-corrected chi connectivity index (χ1v) is 5.71. The molecule has 4 nitrogen and oxygen atoms in total. The number of methoxy groups -OCH3 is 1. The van der Waals surface area contributed by atoms with Gasteiger partial charge in [0.25, 0.3) is 0 Å². The molecule has 0 spiro atoms. The first kappa shape index (κ1) is 12.6. The van der Waals surface area contributed by atoms with Crippen molar-refractivity contribution < 1.29 is 4.74 Å². The summed E-state index contributed by atoms with van der Waals surface area (Å²) in [5, 5.41) is 0. The third-order valence-corrected chi connectivity index (χ3v) is 2.83. The topological polar surface area (TPSA) is 51.4 Å². The van der Waals surface area contributed by atoms with Crippen LogP contribution in [0.1, 0.15) is 27.2 Å². The quantitative estimate of drug-likeness (QED) is 0.832. The number of hydrogen-bond donors (Lipinski definition) is 1. The van der Waals surface area contributed by atoms with E-state index < -0.39 is 0 Å². The molecule has 1 rings (SSSR count). The number of nitrogens with two attached hydrogens (primary N) is 1.